The van der Waals surface area contributed by atoms with E-state index in [4.69, 9.17) is 0 Å². The van der Waals surface area contributed by atoms with Crippen LogP contribution >= 0.6 is 11.8 Å². The number of piperazine rings is 1. The first-order chi connectivity index (χ1) is 7.18. The lowest BCUT2D eigenvalue weighted by molar-refractivity contribution is -0.134. The van der Waals surface area contributed by atoms with Crippen molar-refractivity contribution < 1.29 is 4.79 Å². The van der Waals surface area contributed by atoms with Crippen LogP contribution in [0.4, 0.5) is 0 Å². The largest absolute Gasteiger partial charge is 0.339 e. The number of carbonyl (C=O) groups excluding carboxylic acids is 1. The zero-order chi connectivity index (χ0) is 10.9. The summed E-state index contributed by atoms with van der Waals surface area (Å²) in [6.45, 7) is 5.77. The minimum Gasteiger partial charge on any atom is -0.339 e. The van der Waals surface area contributed by atoms with Crippen molar-refractivity contribution in [2.45, 2.75) is 24.5 Å². The monoisotopic (exact) mass is 228 g/mol. The minimum atomic E-state index is -0.155. The van der Waals surface area contributed by atoms with Gasteiger partial charge in [-0.05, 0) is 31.9 Å². The lowest BCUT2D eigenvalue weighted by Crippen LogP contribution is -2.53. The molecule has 0 radical (unpaired) electrons. The normalized spacial score (nSPS) is 26.1. The van der Waals surface area contributed by atoms with Gasteiger partial charge in [-0.25, -0.2) is 0 Å². The molecule has 1 amide bonds. The predicted molar refractivity (Wildman–Crippen MR) is 64.1 cm³/mol. The molecule has 0 bridgehead atoms. The van der Waals surface area contributed by atoms with E-state index in [2.05, 4.69) is 18.5 Å². The van der Waals surface area contributed by atoms with Crippen LogP contribution in [0.3, 0.4) is 0 Å². The molecule has 0 aromatic heterocycles. The number of nitrogens with one attached hydrogen (secondary N) is 1. The van der Waals surface area contributed by atoms with Crippen molar-refractivity contribution in [2.75, 3.05) is 32.4 Å². The average molecular weight is 228 g/mol. The Bertz CT molecular complexity index is 249. The van der Waals surface area contributed by atoms with Gasteiger partial charge in [-0.2, -0.15) is 0 Å². The van der Waals surface area contributed by atoms with Crippen LogP contribution in [0, 0.1) is 5.92 Å². The standard InChI is InChI=1S/C11H20N2OS/c1-11(15-2,9-3-4-9)10(14)13-7-5-12-6-8-13/h9,12H,3-8H2,1-2H3. The summed E-state index contributed by atoms with van der Waals surface area (Å²) in [5.74, 6) is 0.980. The van der Waals surface area contributed by atoms with Crippen LogP contribution in [0.2, 0.25) is 0 Å². The van der Waals surface area contributed by atoms with Crippen LogP contribution in [0.5, 0.6) is 0 Å². The SMILES string of the molecule is CSC(C)(C(=O)N1CCNCC1)C1CC1. The second kappa shape index (κ2) is 4.34. The van der Waals surface area contributed by atoms with E-state index in [-0.39, 0.29) is 4.75 Å². The van der Waals surface area contributed by atoms with Gasteiger partial charge in [-0.1, -0.05) is 0 Å². The molecule has 1 aliphatic carbocycles. The molecule has 1 atom stereocenters. The Kier molecular flexibility index (Phi) is 3.26. The summed E-state index contributed by atoms with van der Waals surface area (Å²) in [6, 6.07) is 0. The molecule has 0 spiro atoms. The van der Waals surface area contributed by atoms with Gasteiger partial charge in [-0.3, -0.25) is 4.79 Å². The van der Waals surface area contributed by atoms with Gasteiger partial charge in [0.25, 0.3) is 0 Å². The van der Waals surface area contributed by atoms with E-state index in [9.17, 15) is 4.79 Å². The Balaban J connectivity index is 2.03. The number of hydrogen-bond acceptors (Lipinski definition) is 3. The topological polar surface area (TPSA) is 32.3 Å². The van der Waals surface area contributed by atoms with Crippen molar-refractivity contribution in [3.05, 3.63) is 0 Å². The van der Waals surface area contributed by atoms with E-state index in [0.717, 1.165) is 26.2 Å². The molecule has 1 saturated heterocycles. The number of rotatable bonds is 3. The molecule has 2 fully saturated rings. The number of amides is 1. The molecule has 3 nitrogen and oxygen atoms in total. The number of nitrogens with zero attached hydrogens (tertiary/aromatic N) is 1. The second-order valence-electron chi connectivity index (χ2n) is 4.63. The van der Waals surface area contributed by atoms with E-state index in [1.165, 1.54) is 12.8 Å². The van der Waals surface area contributed by atoms with E-state index < -0.39 is 0 Å². The van der Waals surface area contributed by atoms with Crippen LogP contribution in [-0.2, 0) is 4.79 Å². The summed E-state index contributed by atoms with van der Waals surface area (Å²) in [4.78, 5) is 14.4. The first-order valence-corrected chi connectivity index (χ1v) is 6.96. The highest BCUT2D eigenvalue weighted by Gasteiger charge is 2.48. The van der Waals surface area contributed by atoms with Crippen molar-refractivity contribution in [1.82, 2.24) is 10.2 Å². The van der Waals surface area contributed by atoms with Crippen molar-refractivity contribution in [3.63, 3.8) is 0 Å². The van der Waals surface area contributed by atoms with Crippen molar-refractivity contribution in [2.24, 2.45) is 5.92 Å². The van der Waals surface area contributed by atoms with E-state index in [1.807, 2.05) is 4.90 Å². The van der Waals surface area contributed by atoms with Crippen molar-refractivity contribution >= 4 is 17.7 Å². The smallest absolute Gasteiger partial charge is 0.238 e. The molecular formula is C11H20N2OS. The highest BCUT2D eigenvalue weighted by Crippen LogP contribution is 2.47. The first-order valence-electron chi connectivity index (χ1n) is 5.73. The zero-order valence-electron chi connectivity index (χ0n) is 9.58. The van der Waals surface area contributed by atoms with Gasteiger partial charge < -0.3 is 10.2 Å². The van der Waals surface area contributed by atoms with E-state index in [1.54, 1.807) is 11.8 Å². The fourth-order valence-corrected chi connectivity index (χ4v) is 3.12. The van der Waals surface area contributed by atoms with Gasteiger partial charge in [0.1, 0.15) is 0 Å². The van der Waals surface area contributed by atoms with Crippen molar-refractivity contribution in [1.29, 1.82) is 0 Å². The fourth-order valence-electron chi connectivity index (χ4n) is 2.24. The van der Waals surface area contributed by atoms with Gasteiger partial charge in [0, 0.05) is 26.2 Å². The quantitative estimate of drug-likeness (QED) is 0.780. The highest BCUT2D eigenvalue weighted by molar-refractivity contribution is 8.00. The second-order valence-corrected chi connectivity index (χ2v) is 5.88. The highest BCUT2D eigenvalue weighted by atomic mass is 32.2. The Morgan fingerprint density at radius 3 is 2.47 bits per heavy atom. The molecule has 1 saturated carbocycles. The van der Waals surface area contributed by atoms with Gasteiger partial charge in [0.15, 0.2) is 0 Å². The van der Waals surface area contributed by atoms with E-state index in [0.29, 0.717) is 11.8 Å². The summed E-state index contributed by atoms with van der Waals surface area (Å²) >= 11 is 1.73. The molecule has 4 heteroatoms. The van der Waals surface area contributed by atoms with Gasteiger partial charge in [-0.15, -0.1) is 11.8 Å². The van der Waals surface area contributed by atoms with Gasteiger partial charge >= 0.3 is 0 Å². The molecule has 1 aliphatic heterocycles. The fraction of sp³-hybridized carbons (Fsp3) is 0.909. The number of carbonyl (C=O) groups is 1. The maximum atomic E-state index is 12.4. The third-order valence-electron chi connectivity index (χ3n) is 3.61. The summed E-state index contributed by atoms with van der Waals surface area (Å²) < 4.78 is -0.155. The van der Waals surface area contributed by atoms with Gasteiger partial charge in [0.2, 0.25) is 5.91 Å². The van der Waals surface area contributed by atoms with Crippen LogP contribution in [-0.4, -0.2) is 48.0 Å². The molecule has 2 rings (SSSR count). The molecule has 2 aliphatic rings. The van der Waals surface area contributed by atoms with Crippen LogP contribution in [0.15, 0.2) is 0 Å². The lowest BCUT2D eigenvalue weighted by atomic mass is 10.0. The number of thioether (sulfide) groups is 1. The average Bonchev–Trinajstić information content (AvgIpc) is 3.12. The minimum absolute atomic E-state index is 0.155. The van der Waals surface area contributed by atoms with Crippen LogP contribution < -0.4 is 5.32 Å². The van der Waals surface area contributed by atoms with Gasteiger partial charge in [0.05, 0.1) is 4.75 Å². The zero-order valence-corrected chi connectivity index (χ0v) is 10.4. The molecule has 86 valence electrons. The molecule has 0 aromatic carbocycles. The molecule has 1 unspecified atom stereocenters. The Morgan fingerprint density at radius 2 is 2.00 bits per heavy atom. The third-order valence-corrected chi connectivity index (χ3v) is 4.97. The number of hydrogen-bond donors (Lipinski definition) is 1. The van der Waals surface area contributed by atoms with E-state index >= 15 is 0 Å². The molecule has 1 heterocycles. The predicted octanol–water partition coefficient (Wildman–Crippen LogP) is 0.950. The summed E-state index contributed by atoms with van der Waals surface area (Å²) in [7, 11) is 0. The third kappa shape index (κ3) is 2.16. The van der Waals surface area contributed by atoms with Crippen LogP contribution in [0.25, 0.3) is 0 Å². The molecular weight excluding hydrogens is 208 g/mol. The Morgan fingerprint density at radius 1 is 1.40 bits per heavy atom. The Hall–Kier alpha value is -0.220. The van der Waals surface area contributed by atoms with Crippen molar-refractivity contribution in [3.8, 4) is 0 Å². The summed E-state index contributed by atoms with van der Waals surface area (Å²) in [5, 5.41) is 3.28. The Labute approximate surface area is 96.0 Å². The molecule has 15 heavy (non-hydrogen) atoms. The molecule has 0 aromatic rings. The summed E-state index contributed by atoms with van der Waals surface area (Å²) in [6.07, 6.45) is 4.53. The first kappa shape index (κ1) is 11.3. The maximum Gasteiger partial charge on any atom is 0.238 e. The summed E-state index contributed by atoms with van der Waals surface area (Å²) in [5.41, 5.74) is 0. The van der Waals surface area contributed by atoms with Crippen LogP contribution in [0.1, 0.15) is 19.8 Å². The lowest BCUT2D eigenvalue weighted by Gasteiger charge is -2.36. The maximum absolute atomic E-state index is 12.4. The molecule has 1 N–H and O–H groups in total.